The third-order valence-electron chi connectivity index (χ3n) is 2.40. The molecule has 0 amide bonds. The van der Waals surface area contributed by atoms with Gasteiger partial charge in [0.05, 0.1) is 0 Å². The number of rotatable bonds is 3. The number of benzene rings is 1. The monoisotopic (exact) mass is 248 g/mol. The Morgan fingerprint density at radius 3 is 2.35 bits per heavy atom. The molecule has 0 spiro atoms. The van der Waals surface area contributed by atoms with E-state index in [2.05, 4.69) is 31.1 Å². The number of nitrogens with two attached hydrogens (primary N) is 1. The van der Waals surface area contributed by atoms with Crippen molar-refractivity contribution < 1.29 is 4.52 Å². The van der Waals surface area contributed by atoms with Gasteiger partial charge in [-0.3, -0.25) is 0 Å². The van der Waals surface area contributed by atoms with Gasteiger partial charge in [-0.15, -0.1) is 11.8 Å². The zero-order chi connectivity index (χ0) is 12.4. The Balaban J connectivity index is 2.26. The molecule has 0 aliphatic rings. The largest absolute Gasteiger partial charge is 0.394 e. The molecular formula is C13H16N2OS. The molecule has 0 saturated heterocycles. The molecule has 3 nitrogen and oxygen atoms in total. The summed E-state index contributed by atoms with van der Waals surface area (Å²) in [6.07, 6.45) is 0. The fourth-order valence-electron chi connectivity index (χ4n) is 1.54. The molecule has 2 N–H and O–H groups in total. The van der Waals surface area contributed by atoms with Crippen LogP contribution in [0.1, 0.15) is 19.5 Å². The second-order valence-corrected chi connectivity index (χ2v) is 5.85. The van der Waals surface area contributed by atoms with E-state index in [9.17, 15) is 0 Å². The van der Waals surface area contributed by atoms with Crippen LogP contribution in [0.5, 0.6) is 0 Å². The van der Waals surface area contributed by atoms with E-state index in [0.29, 0.717) is 16.7 Å². The molecule has 1 heterocycles. The number of hydrogen-bond acceptors (Lipinski definition) is 4. The molecule has 0 atom stereocenters. The number of aromatic nitrogens is 1. The first kappa shape index (κ1) is 12.0. The lowest BCUT2D eigenvalue weighted by molar-refractivity contribution is 0.427. The van der Waals surface area contributed by atoms with Crippen LogP contribution in [0.15, 0.2) is 33.7 Å². The summed E-state index contributed by atoms with van der Waals surface area (Å²) < 4.78 is 5.22. The summed E-state index contributed by atoms with van der Waals surface area (Å²) in [6.45, 7) is 6.19. The van der Waals surface area contributed by atoms with Gasteiger partial charge in [-0.1, -0.05) is 19.0 Å². The van der Waals surface area contributed by atoms with Crippen molar-refractivity contribution in [1.82, 2.24) is 5.16 Å². The molecule has 0 aliphatic heterocycles. The van der Waals surface area contributed by atoms with Crippen molar-refractivity contribution in [3.63, 3.8) is 0 Å². The molecule has 1 aromatic carbocycles. The highest BCUT2D eigenvalue weighted by Gasteiger charge is 2.11. The maximum Gasteiger partial charge on any atom is 0.189 e. The molecule has 0 radical (unpaired) electrons. The van der Waals surface area contributed by atoms with Crippen molar-refractivity contribution in [2.24, 2.45) is 0 Å². The molecule has 4 heteroatoms. The van der Waals surface area contributed by atoms with E-state index < -0.39 is 0 Å². The third kappa shape index (κ3) is 2.64. The van der Waals surface area contributed by atoms with Gasteiger partial charge in [0.15, 0.2) is 5.76 Å². The van der Waals surface area contributed by atoms with Crippen LogP contribution in [0.3, 0.4) is 0 Å². The van der Waals surface area contributed by atoms with E-state index in [1.165, 1.54) is 4.90 Å². The fraction of sp³-hybridized carbons (Fsp3) is 0.308. The molecule has 0 unspecified atom stereocenters. The minimum atomic E-state index is 0.582. The second kappa shape index (κ2) is 4.84. The van der Waals surface area contributed by atoms with Crippen LogP contribution in [-0.4, -0.2) is 10.4 Å². The van der Waals surface area contributed by atoms with Gasteiger partial charge in [0, 0.05) is 15.7 Å². The van der Waals surface area contributed by atoms with E-state index in [-0.39, 0.29) is 0 Å². The Labute approximate surface area is 105 Å². The highest BCUT2D eigenvalue weighted by atomic mass is 32.2. The first-order valence-corrected chi connectivity index (χ1v) is 6.44. The van der Waals surface area contributed by atoms with Gasteiger partial charge in [-0.25, -0.2) is 0 Å². The quantitative estimate of drug-likeness (QED) is 0.841. The number of hydrogen-bond donors (Lipinski definition) is 1. The van der Waals surface area contributed by atoms with Crippen molar-refractivity contribution in [2.75, 3.05) is 5.73 Å². The highest BCUT2D eigenvalue weighted by molar-refractivity contribution is 7.99. The van der Waals surface area contributed by atoms with Crippen LogP contribution in [0.4, 0.5) is 5.69 Å². The van der Waals surface area contributed by atoms with E-state index in [1.807, 2.05) is 30.8 Å². The van der Waals surface area contributed by atoms with Crippen molar-refractivity contribution in [3.8, 4) is 11.3 Å². The molecule has 2 rings (SSSR count). The average molecular weight is 248 g/mol. The lowest BCUT2D eigenvalue weighted by Gasteiger charge is -2.05. The summed E-state index contributed by atoms with van der Waals surface area (Å²) in [4.78, 5) is 1.25. The standard InChI is InChI=1S/C13H16N2OS/c1-8(2)17-11-6-4-10(5-7-11)13-12(14)9(3)15-16-13/h4-8H,14H2,1-3H3. The lowest BCUT2D eigenvalue weighted by Crippen LogP contribution is -1.88. The summed E-state index contributed by atoms with van der Waals surface area (Å²) in [7, 11) is 0. The van der Waals surface area contributed by atoms with Gasteiger partial charge in [0.25, 0.3) is 0 Å². The Kier molecular flexibility index (Phi) is 3.43. The molecule has 0 aliphatic carbocycles. The number of thioether (sulfide) groups is 1. The van der Waals surface area contributed by atoms with Gasteiger partial charge in [-0.2, -0.15) is 0 Å². The number of aryl methyl sites for hydroxylation is 1. The normalized spacial score (nSPS) is 11.1. The SMILES string of the molecule is Cc1noc(-c2ccc(SC(C)C)cc2)c1N. The van der Waals surface area contributed by atoms with Gasteiger partial charge in [-0.05, 0) is 31.2 Å². The first-order valence-electron chi connectivity index (χ1n) is 5.56. The van der Waals surface area contributed by atoms with E-state index in [0.717, 1.165) is 11.3 Å². The number of nitrogens with zero attached hydrogens (tertiary/aromatic N) is 1. The molecule has 0 saturated carbocycles. The summed E-state index contributed by atoms with van der Waals surface area (Å²) >= 11 is 1.83. The molecule has 2 aromatic rings. The Hall–Kier alpha value is -1.42. The summed E-state index contributed by atoms with van der Waals surface area (Å²) in [5.41, 5.74) is 8.22. The van der Waals surface area contributed by atoms with E-state index >= 15 is 0 Å². The maximum absolute atomic E-state index is 5.89. The van der Waals surface area contributed by atoms with Crippen LogP contribution < -0.4 is 5.73 Å². The van der Waals surface area contributed by atoms with Gasteiger partial charge >= 0.3 is 0 Å². The van der Waals surface area contributed by atoms with Gasteiger partial charge in [0.2, 0.25) is 0 Å². The Morgan fingerprint density at radius 2 is 1.88 bits per heavy atom. The first-order chi connectivity index (χ1) is 8.08. The Morgan fingerprint density at radius 1 is 1.24 bits per heavy atom. The highest BCUT2D eigenvalue weighted by Crippen LogP contribution is 2.30. The molecule has 0 bridgehead atoms. The molecular weight excluding hydrogens is 232 g/mol. The third-order valence-corrected chi connectivity index (χ3v) is 3.41. The minimum absolute atomic E-state index is 0.582. The predicted molar refractivity (Wildman–Crippen MR) is 72.1 cm³/mol. The lowest BCUT2D eigenvalue weighted by atomic mass is 10.1. The van der Waals surface area contributed by atoms with Crippen molar-refractivity contribution in [3.05, 3.63) is 30.0 Å². The maximum atomic E-state index is 5.89. The molecule has 1 aromatic heterocycles. The molecule has 90 valence electrons. The predicted octanol–water partition coefficient (Wildman–Crippen LogP) is 3.73. The fourth-order valence-corrected chi connectivity index (χ4v) is 2.38. The zero-order valence-corrected chi connectivity index (χ0v) is 11.0. The smallest absolute Gasteiger partial charge is 0.189 e. The van der Waals surface area contributed by atoms with Gasteiger partial charge < -0.3 is 10.3 Å². The van der Waals surface area contributed by atoms with Gasteiger partial charge in [0.1, 0.15) is 11.4 Å². The van der Waals surface area contributed by atoms with Crippen LogP contribution in [-0.2, 0) is 0 Å². The second-order valence-electron chi connectivity index (χ2n) is 4.20. The van der Waals surface area contributed by atoms with Crippen LogP contribution in [0, 0.1) is 6.92 Å². The minimum Gasteiger partial charge on any atom is -0.394 e. The van der Waals surface area contributed by atoms with Crippen molar-refractivity contribution >= 4 is 17.4 Å². The van der Waals surface area contributed by atoms with Crippen molar-refractivity contribution in [1.29, 1.82) is 0 Å². The van der Waals surface area contributed by atoms with E-state index in [1.54, 1.807) is 0 Å². The average Bonchev–Trinajstić information content (AvgIpc) is 2.60. The summed E-state index contributed by atoms with van der Waals surface area (Å²) in [5, 5.41) is 4.44. The van der Waals surface area contributed by atoms with Crippen LogP contribution in [0.25, 0.3) is 11.3 Å². The zero-order valence-electron chi connectivity index (χ0n) is 10.2. The molecule has 0 fully saturated rings. The molecule has 17 heavy (non-hydrogen) atoms. The van der Waals surface area contributed by atoms with Crippen LogP contribution >= 0.6 is 11.8 Å². The number of nitrogen functional groups attached to an aromatic ring is 1. The summed E-state index contributed by atoms with van der Waals surface area (Å²) in [5.74, 6) is 0.656. The van der Waals surface area contributed by atoms with Crippen LogP contribution in [0.2, 0.25) is 0 Å². The Bertz CT molecular complexity index is 503. The topological polar surface area (TPSA) is 52.0 Å². The van der Waals surface area contributed by atoms with Crippen molar-refractivity contribution in [2.45, 2.75) is 30.9 Å². The van der Waals surface area contributed by atoms with E-state index in [4.69, 9.17) is 10.3 Å². The summed E-state index contributed by atoms with van der Waals surface area (Å²) in [6, 6.07) is 8.19. The number of anilines is 1.